The normalized spacial score (nSPS) is 12.0. The fourth-order valence-electron chi connectivity index (χ4n) is 3.60. The summed E-state index contributed by atoms with van der Waals surface area (Å²) in [6.07, 6.45) is 0.808. The fraction of sp³-hybridized carbons (Fsp3) is 0.269. The topological polar surface area (TPSA) is 69.0 Å². The maximum absolute atomic E-state index is 12.5. The molecule has 1 heterocycles. The van der Waals surface area contributed by atoms with Gasteiger partial charge in [-0.05, 0) is 73.9 Å². The molecule has 0 radical (unpaired) electrons. The molecule has 164 valence electrons. The van der Waals surface area contributed by atoms with E-state index >= 15 is 0 Å². The number of amides is 1. The number of hydrogen-bond acceptors (Lipinski definition) is 4. The second-order valence-corrected chi connectivity index (χ2v) is 8.07. The molecular formula is C26H28N4O2. The standard InChI is InChI=1S/C26H28N4O2/c1-18-16-24-25(17-19(18)2)30(29-28-24)14-7-15-32-23-12-10-22(11-13-23)26(31)27-20(3)21-8-5-4-6-9-21/h4-6,8-13,16-17,20H,7,14-15H2,1-3H3,(H,27,31). The molecule has 6 nitrogen and oxygen atoms in total. The van der Waals surface area contributed by atoms with Crippen LogP contribution in [-0.4, -0.2) is 27.5 Å². The smallest absolute Gasteiger partial charge is 0.251 e. The SMILES string of the molecule is Cc1cc2nnn(CCCOc3ccc(C(=O)NC(C)c4ccccc4)cc3)c2cc1C. The van der Waals surface area contributed by atoms with Gasteiger partial charge < -0.3 is 10.1 Å². The van der Waals surface area contributed by atoms with Crippen molar-refractivity contribution in [1.29, 1.82) is 0 Å². The molecule has 0 saturated carbocycles. The molecule has 0 aliphatic heterocycles. The summed E-state index contributed by atoms with van der Waals surface area (Å²) >= 11 is 0. The Morgan fingerprint density at radius 1 is 1.03 bits per heavy atom. The molecule has 1 N–H and O–H groups in total. The van der Waals surface area contributed by atoms with Gasteiger partial charge in [0.2, 0.25) is 0 Å². The number of aromatic nitrogens is 3. The van der Waals surface area contributed by atoms with Gasteiger partial charge in [0.25, 0.3) is 5.91 Å². The van der Waals surface area contributed by atoms with Crippen LogP contribution in [0.15, 0.2) is 66.7 Å². The van der Waals surface area contributed by atoms with E-state index in [1.165, 1.54) is 11.1 Å². The highest BCUT2D eigenvalue weighted by Crippen LogP contribution is 2.18. The third-order valence-electron chi connectivity index (χ3n) is 5.68. The lowest BCUT2D eigenvalue weighted by molar-refractivity contribution is 0.0940. The molecular weight excluding hydrogens is 400 g/mol. The third-order valence-corrected chi connectivity index (χ3v) is 5.68. The zero-order valence-corrected chi connectivity index (χ0v) is 18.7. The van der Waals surface area contributed by atoms with E-state index in [1.54, 1.807) is 12.1 Å². The number of carbonyl (C=O) groups excluding carboxylic acids is 1. The number of benzene rings is 3. The predicted molar refractivity (Wildman–Crippen MR) is 126 cm³/mol. The molecule has 0 saturated heterocycles. The van der Waals surface area contributed by atoms with Crippen molar-refractivity contribution in [2.24, 2.45) is 0 Å². The van der Waals surface area contributed by atoms with E-state index < -0.39 is 0 Å². The Balaban J connectivity index is 1.27. The molecule has 32 heavy (non-hydrogen) atoms. The van der Waals surface area contributed by atoms with Crippen LogP contribution >= 0.6 is 0 Å². The van der Waals surface area contributed by atoms with Gasteiger partial charge in [0.15, 0.2) is 0 Å². The average Bonchev–Trinajstić information content (AvgIpc) is 3.19. The highest BCUT2D eigenvalue weighted by atomic mass is 16.5. The van der Waals surface area contributed by atoms with Crippen molar-refractivity contribution < 1.29 is 9.53 Å². The van der Waals surface area contributed by atoms with Gasteiger partial charge in [-0.3, -0.25) is 4.79 Å². The van der Waals surface area contributed by atoms with E-state index in [4.69, 9.17) is 4.74 Å². The van der Waals surface area contributed by atoms with Crippen molar-refractivity contribution in [3.63, 3.8) is 0 Å². The Kier molecular flexibility index (Phi) is 6.50. The van der Waals surface area contributed by atoms with Crippen molar-refractivity contribution in [2.45, 2.75) is 39.8 Å². The zero-order valence-electron chi connectivity index (χ0n) is 18.7. The maximum atomic E-state index is 12.5. The Labute approximate surface area is 188 Å². The van der Waals surface area contributed by atoms with Crippen molar-refractivity contribution in [3.05, 3.63) is 89.0 Å². The molecule has 4 rings (SSSR count). The molecule has 1 unspecified atom stereocenters. The van der Waals surface area contributed by atoms with E-state index in [1.807, 2.05) is 54.1 Å². The average molecular weight is 429 g/mol. The monoisotopic (exact) mass is 428 g/mol. The second kappa shape index (κ2) is 9.64. The molecule has 6 heteroatoms. The Morgan fingerprint density at radius 3 is 2.50 bits per heavy atom. The van der Waals surface area contributed by atoms with Crippen LogP contribution in [0, 0.1) is 13.8 Å². The van der Waals surface area contributed by atoms with Crippen LogP contribution in [0.5, 0.6) is 5.75 Å². The van der Waals surface area contributed by atoms with Gasteiger partial charge in [0, 0.05) is 18.5 Å². The quantitative estimate of drug-likeness (QED) is 0.401. The summed E-state index contributed by atoms with van der Waals surface area (Å²) in [5.41, 5.74) is 6.11. The maximum Gasteiger partial charge on any atom is 0.251 e. The highest BCUT2D eigenvalue weighted by molar-refractivity contribution is 5.94. The van der Waals surface area contributed by atoms with Crippen LogP contribution in [0.3, 0.4) is 0 Å². The molecule has 3 aromatic carbocycles. The summed E-state index contributed by atoms with van der Waals surface area (Å²) in [5.74, 6) is 0.643. The first-order valence-corrected chi connectivity index (χ1v) is 10.9. The van der Waals surface area contributed by atoms with E-state index in [0.717, 1.165) is 35.3 Å². The molecule has 0 aliphatic carbocycles. The van der Waals surface area contributed by atoms with Gasteiger partial charge in [-0.2, -0.15) is 0 Å². The van der Waals surface area contributed by atoms with Crippen LogP contribution in [0.1, 0.15) is 46.4 Å². The summed E-state index contributed by atoms with van der Waals surface area (Å²) in [6.45, 7) is 7.45. The number of fused-ring (bicyclic) bond motifs is 1. The highest BCUT2D eigenvalue weighted by Gasteiger charge is 2.11. The molecule has 0 aliphatic rings. The molecule has 1 atom stereocenters. The van der Waals surface area contributed by atoms with E-state index in [-0.39, 0.29) is 11.9 Å². The number of nitrogens with zero attached hydrogens (tertiary/aromatic N) is 3. The largest absolute Gasteiger partial charge is 0.494 e. The molecule has 1 amide bonds. The number of ether oxygens (including phenoxy) is 1. The molecule has 0 bridgehead atoms. The fourth-order valence-corrected chi connectivity index (χ4v) is 3.60. The van der Waals surface area contributed by atoms with Crippen molar-refractivity contribution in [1.82, 2.24) is 20.3 Å². The third kappa shape index (κ3) is 4.97. The van der Waals surface area contributed by atoms with Gasteiger partial charge in [0.1, 0.15) is 11.3 Å². The second-order valence-electron chi connectivity index (χ2n) is 8.07. The predicted octanol–water partition coefficient (Wildman–Crippen LogP) is 5.01. The van der Waals surface area contributed by atoms with E-state index in [0.29, 0.717) is 12.2 Å². The lowest BCUT2D eigenvalue weighted by atomic mass is 10.1. The Bertz CT molecular complexity index is 1200. The van der Waals surface area contributed by atoms with Crippen molar-refractivity contribution >= 4 is 16.9 Å². The van der Waals surface area contributed by atoms with Gasteiger partial charge in [-0.25, -0.2) is 4.68 Å². The van der Waals surface area contributed by atoms with Crippen LogP contribution in [0.2, 0.25) is 0 Å². The number of rotatable bonds is 8. The Hall–Kier alpha value is -3.67. The van der Waals surface area contributed by atoms with E-state index in [2.05, 4.69) is 41.6 Å². The molecule has 0 fully saturated rings. The van der Waals surface area contributed by atoms with Gasteiger partial charge >= 0.3 is 0 Å². The first-order valence-electron chi connectivity index (χ1n) is 10.9. The number of nitrogens with one attached hydrogen (secondary N) is 1. The number of carbonyl (C=O) groups is 1. The minimum Gasteiger partial charge on any atom is -0.494 e. The van der Waals surface area contributed by atoms with Crippen LogP contribution < -0.4 is 10.1 Å². The summed E-state index contributed by atoms with van der Waals surface area (Å²) < 4.78 is 7.77. The molecule has 4 aromatic rings. The lowest BCUT2D eigenvalue weighted by Crippen LogP contribution is -2.26. The minimum atomic E-state index is -0.100. The lowest BCUT2D eigenvalue weighted by Gasteiger charge is -2.14. The summed E-state index contributed by atoms with van der Waals surface area (Å²) in [7, 11) is 0. The van der Waals surface area contributed by atoms with Crippen LogP contribution in [-0.2, 0) is 6.54 Å². The van der Waals surface area contributed by atoms with Gasteiger partial charge in [-0.1, -0.05) is 35.5 Å². The summed E-state index contributed by atoms with van der Waals surface area (Å²) in [4.78, 5) is 12.5. The molecule has 0 spiro atoms. The molecule has 1 aromatic heterocycles. The first kappa shape index (κ1) is 21.6. The summed E-state index contributed by atoms with van der Waals surface area (Å²) in [5, 5.41) is 11.5. The summed E-state index contributed by atoms with van der Waals surface area (Å²) in [6, 6.07) is 21.3. The van der Waals surface area contributed by atoms with Crippen LogP contribution in [0.4, 0.5) is 0 Å². The van der Waals surface area contributed by atoms with E-state index in [9.17, 15) is 4.79 Å². The minimum absolute atomic E-state index is 0.0554. The van der Waals surface area contributed by atoms with Crippen LogP contribution in [0.25, 0.3) is 11.0 Å². The van der Waals surface area contributed by atoms with Crippen molar-refractivity contribution in [2.75, 3.05) is 6.61 Å². The zero-order chi connectivity index (χ0) is 22.5. The van der Waals surface area contributed by atoms with Crippen molar-refractivity contribution in [3.8, 4) is 5.75 Å². The van der Waals surface area contributed by atoms with Gasteiger partial charge in [-0.15, -0.1) is 5.10 Å². The first-order chi connectivity index (χ1) is 15.5. The van der Waals surface area contributed by atoms with Gasteiger partial charge in [0.05, 0.1) is 18.2 Å². The number of hydrogen-bond donors (Lipinski definition) is 1. The Morgan fingerprint density at radius 2 is 1.75 bits per heavy atom. The number of aryl methyl sites for hydroxylation is 3.